The van der Waals surface area contributed by atoms with E-state index in [9.17, 15) is 4.79 Å². The number of aryl methyl sites for hydroxylation is 1. The summed E-state index contributed by atoms with van der Waals surface area (Å²) in [5.74, 6) is 0.254. The number of carboxylic acid groups (broad SMARTS) is 1. The molecule has 2 aromatic rings. The van der Waals surface area contributed by atoms with Crippen molar-refractivity contribution in [3.8, 4) is 16.3 Å². The second kappa shape index (κ2) is 7.11. The molecule has 0 aliphatic carbocycles. The molecule has 2 rings (SSSR count). The molecule has 1 aromatic carbocycles. The summed E-state index contributed by atoms with van der Waals surface area (Å²) in [5, 5.41) is 10.2. The number of rotatable bonds is 6. The van der Waals surface area contributed by atoms with Crippen LogP contribution >= 0.6 is 22.9 Å². The van der Waals surface area contributed by atoms with Crippen LogP contribution in [0.3, 0.4) is 0 Å². The van der Waals surface area contributed by atoms with E-state index in [1.54, 1.807) is 19.1 Å². The lowest BCUT2D eigenvalue weighted by Gasteiger charge is -2.10. The quantitative estimate of drug-likeness (QED) is 0.813. The third kappa shape index (κ3) is 3.99. The van der Waals surface area contributed by atoms with E-state index in [0.29, 0.717) is 34.0 Å². The summed E-state index contributed by atoms with van der Waals surface area (Å²) >= 11 is 7.39. The fourth-order valence-electron chi connectivity index (χ4n) is 1.87. The number of hydrogen-bond acceptors (Lipinski definition) is 4. The van der Waals surface area contributed by atoms with Crippen LogP contribution in [0, 0.1) is 12.8 Å². The minimum absolute atomic E-state index is 0.253. The maximum Gasteiger partial charge on any atom is 0.347 e. The van der Waals surface area contributed by atoms with Crippen molar-refractivity contribution >= 4 is 28.9 Å². The van der Waals surface area contributed by atoms with E-state index >= 15 is 0 Å². The SMILES string of the molecule is Cc1nc(-c2ccc(OCCC(C)C)c(Cl)c2)sc1C(=O)O. The van der Waals surface area contributed by atoms with Gasteiger partial charge >= 0.3 is 5.97 Å². The van der Waals surface area contributed by atoms with Gasteiger partial charge in [0, 0.05) is 5.56 Å². The molecule has 0 saturated heterocycles. The van der Waals surface area contributed by atoms with Gasteiger partial charge in [-0.3, -0.25) is 0 Å². The number of nitrogens with zero attached hydrogens (tertiary/aromatic N) is 1. The van der Waals surface area contributed by atoms with E-state index in [1.807, 2.05) is 6.07 Å². The van der Waals surface area contributed by atoms with Gasteiger partial charge in [0.15, 0.2) is 0 Å². The molecule has 1 aromatic heterocycles. The van der Waals surface area contributed by atoms with Gasteiger partial charge in [0.1, 0.15) is 15.6 Å². The standard InChI is InChI=1S/C16H18ClNO3S/c1-9(2)6-7-21-13-5-4-11(8-12(13)17)15-18-10(3)14(22-15)16(19)20/h4-5,8-9H,6-7H2,1-3H3,(H,19,20). The zero-order valence-corrected chi connectivity index (χ0v) is 14.3. The molecule has 0 unspecified atom stereocenters. The minimum atomic E-state index is -0.957. The van der Waals surface area contributed by atoms with Crippen LogP contribution in [-0.2, 0) is 0 Å². The highest BCUT2D eigenvalue weighted by Crippen LogP contribution is 2.33. The van der Waals surface area contributed by atoms with Crippen molar-refractivity contribution in [2.24, 2.45) is 5.92 Å². The van der Waals surface area contributed by atoms with E-state index in [0.717, 1.165) is 23.3 Å². The molecule has 0 spiro atoms. The number of benzene rings is 1. The molecule has 0 aliphatic rings. The zero-order valence-electron chi connectivity index (χ0n) is 12.7. The van der Waals surface area contributed by atoms with Crippen LogP contribution in [-0.4, -0.2) is 22.7 Å². The summed E-state index contributed by atoms with van der Waals surface area (Å²) < 4.78 is 5.66. The van der Waals surface area contributed by atoms with Gasteiger partial charge in [-0.05, 0) is 37.5 Å². The molecule has 0 atom stereocenters. The number of ether oxygens (including phenoxy) is 1. The summed E-state index contributed by atoms with van der Waals surface area (Å²) in [5.41, 5.74) is 1.31. The van der Waals surface area contributed by atoms with Gasteiger partial charge < -0.3 is 9.84 Å². The maximum atomic E-state index is 11.1. The van der Waals surface area contributed by atoms with Crippen LogP contribution < -0.4 is 4.74 Å². The van der Waals surface area contributed by atoms with Gasteiger partial charge in [0.2, 0.25) is 0 Å². The Morgan fingerprint density at radius 1 is 1.45 bits per heavy atom. The molecular formula is C16H18ClNO3S. The Balaban J connectivity index is 2.18. The van der Waals surface area contributed by atoms with Gasteiger partial charge in [-0.25, -0.2) is 9.78 Å². The summed E-state index contributed by atoms with van der Waals surface area (Å²) in [6.45, 7) is 6.59. The van der Waals surface area contributed by atoms with Gasteiger partial charge in [-0.2, -0.15) is 0 Å². The van der Waals surface area contributed by atoms with Gasteiger partial charge in [0.05, 0.1) is 17.3 Å². The summed E-state index contributed by atoms with van der Waals surface area (Å²) in [7, 11) is 0. The maximum absolute atomic E-state index is 11.1. The van der Waals surface area contributed by atoms with Gasteiger partial charge in [-0.15, -0.1) is 11.3 Å². The number of carboxylic acids is 1. The summed E-state index contributed by atoms with van der Waals surface area (Å²) in [6.07, 6.45) is 0.964. The Morgan fingerprint density at radius 3 is 2.73 bits per heavy atom. The van der Waals surface area contributed by atoms with Crippen LogP contribution in [0.1, 0.15) is 35.6 Å². The molecule has 6 heteroatoms. The van der Waals surface area contributed by atoms with Crippen molar-refractivity contribution in [3.05, 3.63) is 33.8 Å². The van der Waals surface area contributed by atoms with Crippen LogP contribution in [0.4, 0.5) is 0 Å². The Morgan fingerprint density at radius 2 is 2.18 bits per heavy atom. The molecule has 0 saturated carbocycles. The van der Waals surface area contributed by atoms with Crippen LogP contribution in [0.25, 0.3) is 10.6 Å². The van der Waals surface area contributed by atoms with Gasteiger partial charge in [0.25, 0.3) is 0 Å². The smallest absolute Gasteiger partial charge is 0.347 e. The predicted octanol–water partition coefficient (Wildman–Crippen LogP) is 4.90. The van der Waals surface area contributed by atoms with Crippen molar-refractivity contribution in [1.29, 1.82) is 0 Å². The van der Waals surface area contributed by atoms with Crippen molar-refractivity contribution in [2.75, 3.05) is 6.61 Å². The lowest BCUT2D eigenvalue weighted by atomic mass is 10.1. The number of aromatic carboxylic acids is 1. The fourth-order valence-corrected chi connectivity index (χ4v) is 3.01. The molecule has 0 bridgehead atoms. The van der Waals surface area contributed by atoms with E-state index in [1.165, 1.54) is 0 Å². The first-order valence-corrected chi connectivity index (χ1v) is 8.21. The number of halogens is 1. The number of aromatic nitrogens is 1. The lowest BCUT2D eigenvalue weighted by Crippen LogP contribution is -2.01. The highest BCUT2D eigenvalue weighted by Gasteiger charge is 2.16. The lowest BCUT2D eigenvalue weighted by molar-refractivity contribution is 0.0701. The number of carbonyl (C=O) groups is 1. The molecule has 0 radical (unpaired) electrons. The monoisotopic (exact) mass is 339 g/mol. The van der Waals surface area contributed by atoms with Crippen molar-refractivity contribution in [3.63, 3.8) is 0 Å². The van der Waals surface area contributed by atoms with E-state index < -0.39 is 5.97 Å². The molecular weight excluding hydrogens is 322 g/mol. The number of hydrogen-bond donors (Lipinski definition) is 1. The Hall–Kier alpha value is -1.59. The van der Waals surface area contributed by atoms with Crippen molar-refractivity contribution in [1.82, 2.24) is 4.98 Å². The Kier molecular flexibility index (Phi) is 5.42. The van der Waals surface area contributed by atoms with Crippen molar-refractivity contribution < 1.29 is 14.6 Å². The molecule has 22 heavy (non-hydrogen) atoms. The fraction of sp³-hybridized carbons (Fsp3) is 0.375. The Bertz CT molecular complexity index is 682. The minimum Gasteiger partial charge on any atom is -0.492 e. The van der Waals surface area contributed by atoms with Crippen LogP contribution in [0.15, 0.2) is 18.2 Å². The third-order valence-corrected chi connectivity index (χ3v) is 4.61. The van der Waals surface area contributed by atoms with E-state index in [2.05, 4.69) is 18.8 Å². The molecule has 1 N–H and O–H groups in total. The first-order valence-electron chi connectivity index (χ1n) is 7.02. The molecule has 4 nitrogen and oxygen atoms in total. The second-order valence-corrected chi connectivity index (χ2v) is 6.82. The molecule has 0 amide bonds. The van der Waals surface area contributed by atoms with E-state index in [4.69, 9.17) is 21.4 Å². The second-order valence-electron chi connectivity index (χ2n) is 5.41. The molecule has 1 heterocycles. The van der Waals surface area contributed by atoms with Crippen molar-refractivity contribution in [2.45, 2.75) is 27.2 Å². The summed E-state index contributed by atoms with van der Waals surface area (Å²) in [6, 6.07) is 5.41. The molecule has 0 fully saturated rings. The van der Waals surface area contributed by atoms with Gasteiger partial charge in [-0.1, -0.05) is 25.4 Å². The predicted molar refractivity (Wildman–Crippen MR) is 89.2 cm³/mol. The normalized spacial score (nSPS) is 11.0. The highest BCUT2D eigenvalue weighted by atomic mass is 35.5. The third-order valence-electron chi connectivity index (χ3n) is 3.12. The summed E-state index contributed by atoms with van der Waals surface area (Å²) in [4.78, 5) is 15.6. The average molecular weight is 340 g/mol. The topological polar surface area (TPSA) is 59.4 Å². The number of thiazole rings is 1. The zero-order chi connectivity index (χ0) is 16.3. The Labute approximate surface area is 138 Å². The first-order chi connectivity index (χ1) is 10.4. The van der Waals surface area contributed by atoms with Crippen LogP contribution in [0.5, 0.6) is 5.75 Å². The first kappa shape index (κ1) is 16.8. The van der Waals surface area contributed by atoms with E-state index in [-0.39, 0.29) is 4.88 Å². The molecule has 0 aliphatic heterocycles. The average Bonchev–Trinajstić information content (AvgIpc) is 2.82. The molecule has 118 valence electrons. The highest BCUT2D eigenvalue weighted by molar-refractivity contribution is 7.17. The van der Waals surface area contributed by atoms with Crippen LogP contribution in [0.2, 0.25) is 5.02 Å². The largest absolute Gasteiger partial charge is 0.492 e.